The molecule has 0 aromatic heterocycles. The average molecular weight is 432 g/mol. The van der Waals surface area contributed by atoms with E-state index in [1.165, 1.54) is 25.0 Å². The lowest BCUT2D eigenvalue weighted by Gasteiger charge is -2.12. The van der Waals surface area contributed by atoms with Crippen LogP contribution in [-0.2, 0) is 21.4 Å². The Hall–Kier alpha value is -2.29. The van der Waals surface area contributed by atoms with Crippen molar-refractivity contribution in [3.8, 4) is 0 Å². The Labute approximate surface area is 177 Å². The zero-order chi connectivity index (χ0) is 20.7. The van der Waals surface area contributed by atoms with E-state index in [9.17, 15) is 13.2 Å². The van der Waals surface area contributed by atoms with Crippen molar-refractivity contribution in [2.45, 2.75) is 43.5 Å². The summed E-state index contributed by atoms with van der Waals surface area (Å²) in [6.07, 6.45) is 5.07. The molecule has 6 nitrogen and oxygen atoms in total. The summed E-state index contributed by atoms with van der Waals surface area (Å²) in [5.41, 5.74) is 1.49. The number of benzene rings is 2. The maximum absolute atomic E-state index is 12.4. The number of carbonyl (C=O) groups excluding carboxylic acids is 1. The number of nitrogens with one attached hydrogen (secondary N) is 3. The third-order valence-electron chi connectivity index (χ3n) is 4.93. The van der Waals surface area contributed by atoms with Gasteiger partial charge in [0.2, 0.25) is 15.9 Å². The van der Waals surface area contributed by atoms with Crippen LogP contribution in [0.25, 0.3) is 0 Å². The number of hydrogen-bond acceptors (Lipinski definition) is 4. The summed E-state index contributed by atoms with van der Waals surface area (Å²) in [5, 5.41) is 5.82. The van der Waals surface area contributed by atoms with Gasteiger partial charge in [-0.2, -0.15) is 0 Å². The topological polar surface area (TPSA) is 87.3 Å². The molecule has 0 radical (unpaired) electrons. The molecule has 1 fully saturated rings. The predicted octanol–water partition coefficient (Wildman–Crippen LogP) is 3.56. The number of amides is 1. The van der Waals surface area contributed by atoms with Crippen molar-refractivity contribution in [1.29, 1.82) is 0 Å². The molecule has 0 atom stereocenters. The first-order chi connectivity index (χ1) is 13.9. The predicted molar refractivity (Wildman–Crippen MR) is 118 cm³/mol. The van der Waals surface area contributed by atoms with E-state index in [1.807, 2.05) is 30.3 Å². The molecule has 3 N–H and O–H groups in total. The smallest absolute Gasteiger partial charge is 0.240 e. The van der Waals surface area contributed by atoms with Gasteiger partial charge in [-0.05, 0) is 60.8 Å². The zero-order valence-corrected chi connectivity index (χ0v) is 17.7. The van der Waals surface area contributed by atoms with Crippen LogP contribution in [-0.4, -0.2) is 19.4 Å². The van der Waals surface area contributed by atoms with Crippen molar-refractivity contribution >= 4 is 38.9 Å². The highest BCUT2D eigenvalue weighted by Gasteiger charge is 2.19. The van der Waals surface area contributed by atoms with E-state index in [1.54, 1.807) is 12.1 Å². The van der Waals surface area contributed by atoms with E-state index in [4.69, 9.17) is 12.2 Å². The van der Waals surface area contributed by atoms with Gasteiger partial charge in [-0.1, -0.05) is 43.2 Å². The SMILES string of the molecule is O=C(CC1CCCC1)NC(=S)Nc1ccc(S(=O)(=O)NCc2ccccc2)cc1. The number of carbonyl (C=O) groups is 1. The molecule has 3 rings (SSSR count). The van der Waals surface area contributed by atoms with Crippen LogP contribution in [0.5, 0.6) is 0 Å². The molecule has 1 aliphatic carbocycles. The largest absolute Gasteiger partial charge is 0.332 e. The summed E-state index contributed by atoms with van der Waals surface area (Å²) in [7, 11) is -3.62. The van der Waals surface area contributed by atoms with Crippen LogP contribution in [0.1, 0.15) is 37.7 Å². The van der Waals surface area contributed by atoms with Crippen molar-refractivity contribution in [3.63, 3.8) is 0 Å². The van der Waals surface area contributed by atoms with Crippen LogP contribution in [0, 0.1) is 5.92 Å². The molecule has 2 aromatic carbocycles. The lowest BCUT2D eigenvalue weighted by Crippen LogP contribution is -2.34. The minimum absolute atomic E-state index is 0.0845. The third-order valence-corrected chi connectivity index (χ3v) is 6.55. The molecule has 0 spiro atoms. The summed E-state index contributed by atoms with van der Waals surface area (Å²) in [5.74, 6) is 0.365. The van der Waals surface area contributed by atoms with Crippen molar-refractivity contribution < 1.29 is 13.2 Å². The van der Waals surface area contributed by atoms with E-state index in [0.717, 1.165) is 18.4 Å². The van der Waals surface area contributed by atoms with Gasteiger partial charge < -0.3 is 10.6 Å². The first-order valence-corrected chi connectivity index (χ1v) is 11.6. The van der Waals surface area contributed by atoms with E-state index in [-0.39, 0.29) is 22.5 Å². The highest BCUT2D eigenvalue weighted by Crippen LogP contribution is 2.27. The van der Waals surface area contributed by atoms with Gasteiger partial charge in [0.15, 0.2) is 5.11 Å². The van der Waals surface area contributed by atoms with Crippen LogP contribution >= 0.6 is 12.2 Å². The van der Waals surface area contributed by atoms with Gasteiger partial charge in [0.05, 0.1) is 4.90 Å². The maximum Gasteiger partial charge on any atom is 0.240 e. The Morgan fingerprint density at radius 2 is 1.66 bits per heavy atom. The minimum atomic E-state index is -3.62. The van der Waals surface area contributed by atoms with Crippen LogP contribution in [0.2, 0.25) is 0 Å². The fourth-order valence-corrected chi connectivity index (χ4v) is 4.64. The fraction of sp³-hybridized carbons (Fsp3) is 0.333. The second-order valence-corrected chi connectivity index (χ2v) is 9.37. The van der Waals surface area contributed by atoms with Crippen molar-refractivity contribution in [2.75, 3.05) is 5.32 Å². The molecule has 29 heavy (non-hydrogen) atoms. The molecule has 154 valence electrons. The lowest BCUT2D eigenvalue weighted by molar-refractivity contribution is -0.120. The van der Waals surface area contributed by atoms with Crippen molar-refractivity contribution in [3.05, 3.63) is 60.2 Å². The molecule has 1 amide bonds. The van der Waals surface area contributed by atoms with Gasteiger partial charge in [-0.25, -0.2) is 13.1 Å². The van der Waals surface area contributed by atoms with E-state index >= 15 is 0 Å². The molecule has 0 aliphatic heterocycles. The highest BCUT2D eigenvalue weighted by molar-refractivity contribution is 7.89. The molecule has 8 heteroatoms. The summed E-state index contributed by atoms with van der Waals surface area (Å²) in [6.45, 7) is 0.223. The molecule has 2 aromatic rings. The lowest BCUT2D eigenvalue weighted by atomic mass is 10.0. The van der Waals surface area contributed by atoms with Crippen LogP contribution in [0.3, 0.4) is 0 Å². The summed E-state index contributed by atoms with van der Waals surface area (Å²) >= 11 is 5.18. The van der Waals surface area contributed by atoms with Gasteiger partial charge >= 0.3 is 0 Å². The average Bonchev–Trinajstić information content (AvgIpc) is 3.20. The highest BCUT2D eigenvalue weighted by atomic mass is 32.2. The molecular formula is C21H25N3O3S2. The number of hydrogen-bond donors (Lipinski definition) is 3. The first-order valence-electron chi connectivity index (χ1n) is 9.67. The molecular weight excluding hydrogens is 406 g/mol. The third kappa shape index (κ3) is 6.62. The number of rotatable bonds is 7. The van der Waals surface area contributed by atoms with Gasteiger partial charge in [-0.3, -0.25) is 4.79 Å². The molecule has 0 saturated heterocycles. The maximum atomic E-state index is 12.4. The van der Waals surface area contributed by atoms with Gasteiger partial charge in [0.1, 0.15) is 0 Å². The second kappa shape index (κ2) is 9.96. The fourth-order valence-electron chi connectivity index (χ4n) is 3.39. The number of thiocarbonyl (C=S) groups is 1. The molecule has 0 bridgehead atoms. The Balaban J connectivity index is 1.50. The Morgan fingerprint density at radius 1 is 1.00 bits per heavy atom. The van der Waals surface area contributed by atoms with E-state index < -0.39 is 10.0 Å². The molecule has 0 unspecified atom stereocenters. The first kappa shape index (κ1) is 21.4. The molecule has 1 aliphatic rings. The van der Waals surface area contributed by atoms with Gasteiger partial charge in [-0.15, -0.1) is 0 Å². The monoisotopic (exact) mass is 431 g/mol. The quantitative estimate of drug-likeness (QED) is 0.584. The van der Waals surface area contributed by atoms with Crippen LogP contribution < -0.4 is 15.4 Å². The summed E-state index contributed by atoms with van der Waals surface area (Å²) in [6, 6.07) is 15.6. The second-order valence-electron chi connectivity index (χ2n) is 7.19. The Kier molecular flexibility index (Phi) is 7.35. The summed E-state index contributed by atoms with van der Waals surface area (Å²) in [4.78, 5) is 12.2. The number of anilines is 1. The van der Waals surface area contributed by atoms with Crippen molar-refractivity contribution in [2.24, 2.45) is 5.92 Å². The van der Waals surface area contributed by atoms with E-state index in [2.05, 4.69) is 15.4 Å². The van der Waals surface area contributed by atoms with E-state index in [0.29, 0.717) is 18.0 Å². The zero-order valence-electron chi connectivity index (χ0n) is 16.1. The van der Waals surface area contributed by atoms with Crippen LogP contribution in [0.15, 0.2) is 59.5 Å². The van der Waals surface area contributed by atoms with Crippen molar-refractivity contribution in [1.82, 2.24) is 10.0 Å². The standard InChI is InChI=1S/C21H25N3O3S2/c25-20(14-16-6-4-5-7-16)24-21(28)23-18-10-12-19(13-11-18)29(26,27)22-15-17-8-2-1-3-9-17/h1-3,8-13,16,22H,4-7,14-15H2,(H2,23,24,25,28). The molecule has 0 heterocycles. The minimum Gasteiger partial charge on any atom is -0.332 e. The summed E-state index contributed by atoms with van der Waals surface area (Å²) < 4.78 is 27.5. The molecule has 1 saturated carbocycles. The Morgan fingerprint density at radius 3 is 2.31 bits per heavy atom. The normalized spacial score (nSPS) is 14.5. The van der Waals surface area contributed by atoms with Crippen LogP contribution in [0.4, 0.5) is 5.69 Å². The Bertz CT molecular complexity index is 939. The number of sulfonamides is 1. The van der Waals surface area contributed by atoms with Gasteiger partial charge in [0.25, 0.3) is 0 Å². The van der Waals surface area contributed by atoms with Gasteiger partial charge in [0, 0.05) is 18.7 Å².